The van der Waals surface area contributed by atoms with Gasteiger partial charge in [0.15, 0.2) is 6.61 Å². The Hall–Kier alpha value is -2.57. The monoisotopic (exact) mass is 292 g/mol. The van der Waals surface area contributed by atoms with E-state index in [9.17, 15) is 14.4 Å². The lowest BCUT2D eigenvalue weighted by Gasteiger charge is -2.20. The van der Waals surface area contributed by atoms with Crippen molar-refractivity contribution in [2.75, 3.05) is 11.9 Å². The van der Waals surface area contributed by atoms with Crippen LogP contribution in [0.15, 0.2) is 18.2 Å². The van der Waals surface area contributed by atoms with Crippen LogP contribution in [0.4, 0.5) is 5.69 Å². The van der Waals surface area contributed by atoms with Gasteiger partial charge in [0.1, 0.15) is 11.8 Å². The standard InChI is InChI=1S/C14H16N2O5/c1-7(2)12(14(19)20)16-13(18)8-3-4-9-10(5-8)21-6-11(17)15-9/h3-5,7,12H,6H2,1-2H3,(H,15,17)(H,16,18)(H,19,20)/t12-/m1/s1. The van der Waals surface area contributed by atoms with Crippen molar-refractivity contribution >= 4 is 23.5 Å². The van der Waals surface area contributed by atoms with Gasteiger partial charge in [-0.05, 0) is 24.1 Å². The fourth-order valence-corrected chi connectivity index (χ4v) is 1.95. The first-order valence-electron chi connectivity index (χ1n) is 6.49. The molecule has 0 bridgehead atoms. The minimum atomic E-state index is -1.08. The van der Waals surface area contributed by atoms with Crippen LogP contribution in [0.5, 0.6) is 5.75 Å². The number of amides is 2. The number of nitrogens with one attached hydrogen (secondary N) is 2. The van der Waals surface area contributed by atoms with Crippen molar-refractivity contribution in [2.24, 2.45) is 5.92 Å². The van der Waals surface area contributed by atoms with Crippen LogP contribution < -0.4 is 15.4 Å². The van der Waals surface area contributed by atoms with Gasteiger partial charge >= 0.3 is 5.97 Å². The van der Waals surface area contributed by atoms with E-state index in [1.54, 1.807) is 19.9 Å². The van der Waals surface area contributed by atoms with Gasteiger partial charge in [-0.1, -0.05) is 13.8 Å². The summed E-state index contributed by atoms with van der Waals surface area (Å²) in [7, 11) is 0. The number of rotatable bonds is 4. The third-order valence-corrected chi connectivity index (χ3v) is 3.10. The first-order chi connectivity index (χ1) is 9.88. The molecule has 0 aliphatic carbocycles. The molecule has 0 aromatic heterocycles. The maximum absolute atomic E-state index is 12.1. The molecule has 1 aromatic carbocycles. The van der Waals surface area contributed by atoms with E-state index in [1.165, 1.54) is 12.1 Å². The maximum Gasteiger partial charge on any atom is 0.326 e. The zero-order chi connectivity index (χ0) is 15.6. The van der Waals surface area contributed by atoms with E-state index >= 15 is 0 Å². The van der Waals surface area contributed by atoms with Crippen molar-refractivity contribution in [1.29, 1.82) is 0 Å². The molecule has 2 rings (SSSR count). The number of fused-ring (bicyclic) bond motifs is 1. The van der Waals surface area contributed by atoms with Crippen molar-refractivity contribution < 1.29 is 24.2 Å². The van der Waals surface area contributed by atoms with E-state index in [4.69, 9.17) is 9.84 Å². The van der Waals surface area contributed by atoms with Crippen LogP contribution in [0.25, 0.3) is 0 Å². The Balaban J connectivity index is 2.17. The average Bonchev–Trinajstić information content (AvgIpc) is 2.43. The van der Waals surface area contributed by atoms with E-state index in [2.05, 4.69) is 10.6 Å². The van der Waals surface area contributed by atoms with E-state index in [-0.39, 0.29) is 24.0 Å². The molecule has 1 aliphatic rings. The van der Waals surface area contributed by atoms with Gasteiger partial charge in [-0.3, -0.25) is 9.59 Å². The van der Waals surface area contributed by atoms with Crippen LogP contribution in [0.1, 0.15) is 24.2 Å². The number of hydrogen-bond donors (Lipinski definition) is 3. The fourth-order valence-electron chi connectivity index (χ4n) is 1.95. The highest BCUT2D eigenvalue weighted by Gasteiger charge is 2.25. The molecule has 2 amide bonds. The molecular formula is C14H16N2O5. The van der Waals surface area contributed by atoms with Crippen LogP contribution in [0.2, 0.25) is 0 Å². The summed E-state index contributed by atoms with van der Waals surface area (Å²) >= 11 is 0. The highest BCUT2D eigenvalue weighted by molar-refractivity contribution is 6.00. The van der Waals surface area contributed by atoms with E-state index in [0.29, 0.717) is 11.4 Å². The van der Waals surface area contributed by atoms with E-state index < -0.39 is 17.9 Å². The average molecular weight is 292 g/mol. The van der Waals surface area contributed by atoms with Crippen molar-refractivity contribution in [3.05, 3.63) is 23.8 Å². The predicted molar refractivity (Wildman–Crippen MR) is 74.3 cm³/mol. The van der Waals surface area contributed by atoms with Gasteiger partial charge in [-0.25, -0.2) is 4.79 Å². The number of ether oxygens (including phenoxy) is 1. The molecule has 7 nitrogen and oxygen atoms in total. The minimum absolute atomic E-state index is 0.109. The lowest BCUT2D eigenvalue weighted by atomic mass is 10.0. The quantitative estimate of drug-likeness (QED) is 0.763. The molecule has 7 heteroatoms. The molecule has 0 spiro atoms. The summed E-state index contributed by atoms with van der Waals surface area (Å²) in [6.45, 7) is 3.32. The molecule has 3 N–H and O–H groups in total. The third kappa shape index (κ3) is 3.31. The van der Waals surface area contributed by atoms with E-state index in [1.807, 2.05) is 0 Å². The number of carboxylic acids is 1. The molecule has 0 unspecified atom stereocenters. The molecule has 1 atom stereocenters. The lowest BCUT2D eigenvalue weighted by Crippen LogP contribution is -2.44. The summed E-state index contributed by atoms with van der Waals surface area (Å²) in [6, 6.07) is 3.56. The number of carbonyl (C=O) groups is 3. The third-order valence-electron chi connectivity index (χ3n) is 3.10. The summed E-state index contributed by atoms with van der Waals surface area (Å²) in [5.41, 5.74) is 0.762. The number of carboxylic acid groups (broad SMARTS) is 1. The molecule has 0 radical (unpaired) electrons. The summed E-state index contributed by atoms with van der Waals surface area (Å²) < 4.78 is 5.22. The summed E-state index contributed by atoms with van der Waals surface area (Å²) in [4.78, 5) is 34.3. The van der Waals surface area contributed by atoms with Crippen molar-refractivity contribution in [1.82, 2.24) is 5.32 Å². The van der Waals surface area contributed by atoms with Crippen LogP contribution in [0, 0.1) is 5.92 Å². The Morgan fingerprint density at radius 2 is 2.10 bits per heavy atom. The second-order valence-electron chi connectivity index (χ2n) is 5.08. The van der Waals surface area contributed by atoms with Crippen molar-refractivity contribution in [3.8, 4) is 5.75 Å². The number of anilines is 1. The molecule has 0 saturated carbocycles. The Morgan fingerprint density at radius 1 is 1.38 bits per heavy atom. The second kappa shape index (κ2) is 5.82. The molecule has 0 fully saturated rings. The van der Waals surface area contributed by atoms with Crippen LogP contribution in [-0.2, 0) is 9.59 Å². The number of carbonyl (C=O) groups excluding carboxylic acids is 2. The number of hydrogen-bond acceptors (Lipinski definition) is 4. The van der Waals surface area contributed by atoms with Gasteiger partial charge in [0.2, 0.25) is 0 Å². The van der Waals surface area contributed by atoms with Gasteiger partial charge in [-0.2, -0.15) is 0 Å². The summed E-state index contributed by atoms with van der Waals surface area (Å²) in [5.74, 6) is -1.69. The lowest BCUT2D eigenvalue weighted by molar-refractivity contribution is -0.140. The zero-order valence-electron chi connectivity index (χ0n) is 11.7. The molecule has 1 aromatic rings. The highest BCUT2D eigenvalue weighted by atomic mass is 16.5. The van der Waals surface area contributed by atoms with E-state index in [0.717, 1.165) is 0 Å². The van der Waals surface area contributed by atoms with Crippen molar-refractivity contribution in [2.45, 2.75) is 19.9 Å². The molecule has 112 valence electrons. The smallest absolute Gasteiger partial charge is 0.326 e. The van der Waals surface area contributed by atoms with Gasteiger partial charge in [0.05, 0.1) is 5.69 Å². The minimum Gasteiger partial charge on any atom is -0.482 e. The topological polar surface area (TPSA) is 105 Å². The maximum atomic E-state index is 12.1. The SMILES string of the molecule is CC(C)[C@@H](NC(=O)c1ccc2c(c1)OCC(=O)N2)C(=O)O. The van der Waals surface area contributed by atoms with Gasteiger partial charge < -0.3 is 20.5 Å². The van der Waals surface area contributed by atoms with Gasteiger partial charge in [0, 0.05) is 5.56 Å². The van der Waals surface area contributed by atoms with Gasteiger partial charge in [0.25, 0.3) is 11.8 Å². The molecular weight excluding hydrogens is 276 g/mol. The second-order valence-corrected chi connectivity index (χ2v) is 5.08. The Kier molecular flexibility index (Phi) is 4.11. The van der Waals surface area contributed by atoms with Crippen molar-refractivity contribution in [3.63, 3.8) is 0 Å². The highest BCUT2D eigenvalue weighted by Crippen LogP contribution is 2.28. The summed E-state index contributed by atoms with van der Waals surface area (Å²) in [6.07, 6.45) is 0. The summed E-state index contributed by atoms with van der Waals surface area (Å²) in [5, 5.41) is 14.2. The Bertz CT molecular complexity index is 597. The number of aliphatic carboxylic acids is 1. The predicted octanol–water partition coefficient (Wildman–Crippen LogP) is 0.856. The molecule has 21 heavy (non-hydrogen) atoms. The van der Waals surface area contributed by atoms with Crippen LogP contribution in [-0.4, -0.2) is 35.5 Å². The first kappa shape index (κ1) is 14.8. The normalized spacial score (nSPS) is 14.7. The van der Waals surface area contributed by atoms with Crippen LogP contribution in [0.3, 0.4) is 0 Å². The largest absolute Gasteiger partial charge is 0.482 e. The molecule has 1 heterocycles. The first-order valence-corrected chi connectivity index (χ1v) is 6.49. The Labute approximate surface area is 121 Å². The Morgan fingerprint density at radius 3 is 2.71 bits per heavy atom. The van der Waals surface area contributed by atoms with Gasteiger partial charge in [-0.15, -0.1) is 0 Å². The molecule has 1 aliphatic heterocycles. The van der Waals surface area contributed by atoms with Crippen LogP contribution >= 0.6 is 0 Å². The fraction of sp³-hybridized carbons (Fsp3) is 0.357. The molecule has 0 saturated heterocycles. The zero-order valence-corrected chi connectivity index (χ0v) is 11.7. The number of benzene rings is 1.